The highest BCUT2D eigenvalue weighted by Crippen LogP contribution is 2.27. The summed E-state index contributed by atoms with van der Waals surface area (Å²) in [6, 6.07) is 11.3. The molecular formula is C17H15Cl2NO2. The fourth-order valence-corrected chi connectivity index (χ4v) is 2.78. The van der Waals surface area contributed by atoms with Gasteiger partial charge in [0.05, 0.1) is 0 Å². The summed E-state index contributed by atoms with van der Waals surface area (Å²) < 4.78 is 5.90. The lowest BCUT2D eigenvalue weighted by molar-refractivity contribution is 0.288. The zero-order valence-corrected chi connectivity index (χ0v) is 13.4. The molecule has 3 nitrogen and oxygen atoms in total. The molecule has 1 heterocycles. The molecule has 2 aromatic carbocycles. The summed E-state index contributed by atoms with van der Waals surface area (Å²) in [6.07, 6.45) is 1.98. The monoisotopic (exact) mass is 335 g/mol. The van der Waals surface area contributed by atoms with E-state index in [-0.39, 0.29) is 6.61 Å². The van der Waals surface area contributed by atoms with Gasteiger partial charge in [-0.15, -0.1) is 0 Å². The van der Waals surface area contributed by atoms with Gasteiger partial charge in [0.15, 0.2) is 11.5 Å². The second-order valence-electron chi connectivity index (χ2n) is 5.15. The summed E-state index contributed by atoms with van der Waals surface area (Å²) in [5.74, 6) is 0.643. The van der Waals surface area contributed by atoms with Crippen molar-refractivity contribution < 1.29 is 9.52 Å². The van der Waals surface area contributed by atoms with Crippen molar-refractivity contribution in [3.63, 3.8) is 0 Å². The van der Waals surface area contributed by atoms with E-state index < -0.39 is 0 Å². The minimum atomic E-state index is 0.139. The number of oxazole rings is 1. The van der Waals surface area contributed by atoms with E-state index in [1.54, 1.807) is 6.07 Å². The van der Waals surface area contributed by atoms with Crippen LogP contribution in [0.3, 0.4) is 0 Å². The van der Waals surface area contributed by atoms with Gasteiger partial charge in [-0.05, 0) is 48.2 Å². The highest BCUT2D eigenvalue weighted by Gasteiger charge is 2.12. The number of fused-ring (bicyclic) bond motifs is 1. The van der Waals surface area contributed by atoms with Gasteiger partial charge in [0.1, 0.15) is 5.52 Å². The molecule has 0 aliphatic rings. The molecule has 0 unspecified atom stereocenters. The lowest BCUT2D eigenvalue weighted by Crippen LogP contribution is -1.90. The number of benzene rings is 2. The minimum absolute atomic E-state index is 0.139. The van der Waals surface area contributed by atoms with E-state index in [4.69, 9.17) is 32.7 Å². The summed E-state index contributed by atoms with van der Waals surface area (Å²) in [5.41, 5.74) is 3.57. The van der Waals surface area contributed by atoms with Crippen LogP contribution in [0.25, 0.3) is 11.1 Å². The van der Waals surface area contributed by atoms with Crippen LogP contribution in [0.5, 0.6) is 0 Å². The molecule has 0 atom stereocenters. The zero-order valence-electron chi connectivity index (χ0n) is 11.9. The maximum absolute atomic E-state index is 9.00. The maximum Gasteiger partial charge on any atom is 0.199 e. The molecule has 0 aliphatic heterocycles. The molecular weight excluding hydrogens is 321 g/mol. The average Bonchev–Trinajstić information content (AvgIpc) is 2.89. The highest BCUT2D eigenvalue weighted by molar-refractivity contribution is 6.31. The molecule has 0 saturated carbocycles. The topological polar surface area (TPSA) is 46.3 Å². The number of nitrogens with zero attached hydrogens (tertiary/aromatic N) is 1. The first-order chi connectivity index (χ1) is 10.7. The van der Waals surface area contributed by atoms with Crippen molar-refractivity contribution in [1.29, 1.82) is 0 Å². The summed E-state index contributed by atoms with van der Waals surface area (Å²) in [4.78, 5) is 4.51. The Morgan fingerprint density at radius 1 is 1.05 bits per heavy atom. The lowest BCUT2D eigenvalue weighted by Gasteiger charge is -2.01. The van der Waals surface area contributed by atoms with Gasteiger partial charge in [0.2, 0.25) is 0 Å². The van der Waals surface area contributed by atoms with Crippen LogP contribution in [0, 0.1) is 0 Å². The van der Waals surface area contributed by atoms with Crippen molar-refractivity contribution in [2.45, 2.75) is 19.3 Å². The molecule has 5 heteroatoms. The van der Waals surface area contributed by atoms with Crippen molar-refractivity contribution in [3.05, 3.63) is 63.5 Å². The van der Waals surface area contributed by atoms with Crippen molar-refractivity contribution in [2.24, 2.45) is 0 Å². The first kappa shape index (κ1) is 15.3. The number of aliphatic hydroxyl groups is 1. The predicted molar refractivity (Wildman–Crippen MR) is 88.7 cm³/mol. The molecule has 0 spiro atoms. The Morgan fingerprint density at radius 2 is 1.82 bits per heavy atom. The van der Waals surface area contributed by atoms with Crippen LogP contribution in [0.15, 0.2) is 40.8 Å². The molecule has 22 heavy (non-hydrogen) atoms. The number of hydrogen-bond acceptors (Lipinski definition) is 3. The molecule has 0 bridgehead atoms. The van der Waals surface area contributed by atoms with Gasteiger partial charge in [-0.25, -0.2) is 4.98 Å². The van der Waals surface area contributed by atoms with Crippen molar-refractivity contribution in [1.82, 2.24) is 4.98 Å². The van der Waals surface area contributed by atoms with E-state index in [9.17, 15) is 0 Å². The summed E-state index contributed by atoms with van der Waals surface area (Å²) in [5, 5.41) is 10.3. The first-order valence-electron chi connectivity index (χ1n) is 7.09. The predicted octanol–water partition coefficient (Wildman–Crippen LogP) is 4.65. The Bertz CT molecular complexity index is 781. The number of aromatic nitrogens is 1. The molecule has 0 fully saturated rings. The second-order valence-corrected chi connectivity index (χ2v) is 6.02. The SMILES string of the molecule is OCCCc1cc(Cl)cc2nc(Cc3ccc(Cl)cc3)oc12. The van der Waals surface area contributed by atoms with Gasteiger partial charge in [-0.3, -0.25) is 0 Å². The largest absolute Gasteiger partial charge is 0.440 e. The molecule has 0 amide bonds. The van der Waals surface area contributed by atoms with Crippen molar-refractivity contribution in [3.8, 4) is 0 Å². The van der Waals surface area contributed by atoms with E-state index in [2.05, 4.69) is 4.98 Å². The molecule has 1 N–H and O–H groups in total. The number of hydrogen-bond donors (Lipinski definition) is 1. The molecule has 3 aromatic rings. The molecule has 0 radical (unpaired) electrons. The number of aliphatic hydroxyl groups excluding tert-OH is 1. The van der Waals surface area contributed by atoms with Crippen molar-refractivity contribution in [2.75, 3.05) is 6.61 Å². The smallest absolute Gasteiger partial charge is 0.199 e. The second kappa shape index (κ2) is 6.69. The van der Waals surface area contributed by atoms with Gasteiger partial charge in [0, 0.05) is 23.1 Å². The van der Waals surface area contributed by atoms with Crippen LogP contribution in [0.1, 0.15) is 23.4 Å². The molecule has 1 aromatic heterocycles. The minimum Gasteiger partial charge on any atom is -0.440 e. The van der Waals surface area contributed by atoms with Gasteiger partial charge < -0.3 is 9.52 Å². The van der Waals surface area contributed by atoms with E-state index in [1.165, 1.54) is 0 Å². The summed E-state index contributed by atoms with van der Waals surface area (Å²) in [7, 11) is 0. The standard InChI is InChI=1S/C17H15Cl2NO2/c18-13-5-3-11(4-6-13)8-16-20-15-10-14(19)9-12(2-1-7-21)17(15)22-16/h3-6,9-10,21H,1-2,7-8H2. The van der Waals surface area contributed by atoms with E-state index in [0.29, 0.717) is 35.2 Å². The van der Waals surface area contributed by atoms with Crippen LogP contribution >= 0.6 is 23.2 Å². The Hall–Kier alpha value is -1.55. The summed E-state index contributed by atoms with van der Waals surface area (Å²) in [6.45, 7) is 0.139. The zero-order chi connectivity index (χ0) is 15.5. The third-order valence-electron chi connectivity index (χ3n) is 3.45. The lowest BCUT2D eigenvalue weighted by atomic mass is 10.1. The normalized spacial score (nSPS) is 11.2. The molecule has 3 rings (SSSR count). The van der Waals surface area contributed by atoms with E-state index >= 15 is 0 Å². The van der Waals surface area contributed by atoms with Gasteiger partial charge >= 0.3 is 0 Å². The fourth-order valence-electron chi connectivity index (χ4n) is 2.42. The first-order valence-corrected chi connectivity index (χ1v) is 7.84. The fraction of sp³-hybridized carbons (Fsp3) is 0.235. The maximum atomic E-state index is 9.00. The Morgan fingerprint density at radius 3 is 2.55 bits per heavy atom. The summed E-state index contributed by atoms with van der Waals surface area (Å²) >= 11 is 12.0. The van der Waals surface area contributed by atoms with Gasteiger partial charge in [0.25, 0.3) is 0 Å². The highest BCUT2D eigenvalue weighted by atomic mass is 35.5. The van der Waals surface area contributed by atoms with Gasteiger partial charge in [-0.1, -0.05) is 35.3 Å². The quantitative estimate of drug-likeness (QED) is 0.738. The van der Waals surface area contributed by atoms with Crippen LogP contribution in [-0.4, -0.2) is 16.7 Å². The Balaban J connectivity index is 1.93. The van der Waals surface area contributed by atoms with Crippen LogP contribution in [0.4, 0.5) is 0 Å². The number of rotatable bonds is 5. The average molecular weight is 336 g/mol. The molecule has 0 aliphatic carbocycles. The molecule has 114 valence electrons. The number of aryl methyl sites for hydroxylation is 1. The number of halogens is 2. The van der Waals surface area contributed by atoms with Crippen LogP contribution in [0.2, 0.25) is 10.0 Å². The van der Waals surface area contributed by atoms with Crippen LogP contribution in [-0.2, 0) is 12.8 Å². The van der Waals surface area contributed by atoms with E-state index in [0.717, 1.165) is 22.2 Å². The van der Waals surface area contributed by atoms with Gasteiger partial charge in [-0.2, -0.15) is 0 Å². The van der Waals surface area contributed by atoms with Crippen molar-refractivity contribution >= 4 is 34.3 Å². The third-order valence-corrected chi connectivity index (χ3v) is 3.92. The Labute approximate surface area is 138 Å². The third kappa shape index (κ3) is 3.43. The molecule has 0 saturated heterocycles. The Kier molecular flexibility index (Phi) is 4.67. The van der Waals surface area contributed by atoms with Crippen LogP contribution < -0.4 is 0 Å². The van der Waals surface area contributed by atoms with E-state index in [1.807, 2.05) is 30.3 Å².